The van der Waals surface area contributed by atoms with Crippen LogP contribution in [0.25, 0.3) is 0 Å². The fourth-order valence-electron chi connectivity index (χ4n) is 1.78. The molecule has 0 amide bonds. The van der Waals surface area contributed by atoms with Gasteiger partial charge in [-0.3, -0.25) is 0 Å². The molecule has 3 unspecified atom stereocenters. The van der Waals surface area contributed by atoms with Gasteiger partial charge in [0.15, 0.2) is 0 Å². The van der Waals surface area contributed by atoms with Crippen molar-refractivity contribution in [2.24, 2.45) is 5.92 Å². The minimum absolute atomic E-state index is 0.221. The van der Waals surface area contributed by atoms with E-state index in [1.54, 1.807) is 6.92 Å². The molecule has 0 rings (SSSR count). The van der Waals surface area contributed by atoms with Gasteiger partial charge in [-0.15, -0.1) is 0 Å². The predicted octanol–water partition coefficient (Wildman–Crippen LogP) is 2.72. The van der Waals surface area contributed by atoms with E-state index >= 15 is 0 Å². The highest BCUT2D eigenvalue weighted by Gasteiger charge is 2.16. The zero-order valence-corrected chi connectivity index (χ0v) is 9.87. The zero-order chi connectivity index (χ0) is 11.0. The van der Waals surface area contributed by atoms with E-state index in [2.05, 4.69) is 13.8 Å². The lowest BCUT2D eigenvalue weighted by atomic mass is 9.90. The van der Waals surface area contributed by atoms with Crippen molar-refractivity contribution >= 4 is 0 Å². The van der Waals surface area contributed by atoms with Crippen LogP contribution < -0.4 is 0 Å². The topological polar surface area (TPSA) is 40.5 Å². The van der Waals surface area contributed by atoms with Gasteiger partial charge >= 0.3 is 0 Å². The molecular formula is C12H26O2. The van der Waals surface area contributed by atoms with Gasteiger partial charge in [0.2, 0.25) is 0 Å². The summed E-state index contributed by atoms with van der Waals surface area (Å²) in [6.45, 7) is 6.08. The van der Waals surface area contributed by atoms with Crippen molar-refractivity contribution in [3.8, 4) is 0 Å². The van der Waals surface area contributed by atoms with E-state index < -0.39 is 0 Å². The molecule has 0 aliphatic rings. The molecule has 0 spiro atoms. The number of rotatable bonds is 8. The minimum Gasteiger partial charge on any atom is -0.393 e. The van der Waals surface area contributed by atoms with Crippen LogP contribution in [0.4, 0.5) is 0 Å². The van der Waals surface area contributed by atoms with Gasteiger partial charge in [0.1, 0.15) is 0 Å². The Bertz CT molecular complexity index is 123. The molecule has 86 valence electrons. The second-order valence-electron chi connectivity index (χ2n) is 4.30. The van der Waals surface area contributed by atoms with Crippen LogP contribution in [-0.4, -0.2) is 22.4 Å². The first-order valence-electron chi connectivity index (χ1n) is 5.97. The van der Waals surface area contributed by atoms with Gasteiger partial charge < -0.3 is 10.2 Å². The summed E-state index contributed by atoms with van der Waals surface area (Å²) in [6, 6.07) is 0. The molecule has 3 atom stereocenters. The maximum Gasteiger partial charge on any atom is 0.0569 e. The second-order valence-corrected chi connectivity index (χ2v) is 4.30. The highest BCUT2D eigenvalue weighted by Crippen LogP contribution is 2.20. The first-order chi connectivity index (χ1) is 6.61. The van der Waals surface area contributed by atoms with Crippen molar-refractivity contribution in [3.05, 3.63) is 0 Å². The summed E-state index contributed by atoms with van der Waals surface area (Å²) in [6.07, 6.45) is 5.50. The molecule has 14 heavy (non-hydrogen) atoms. The lowest BCUT2D eigenvalue weighted by molar-refractivity contribution is 0.0710. The van der Waals surface area contributed by atoms with E-state index in [1.807, 2.05) is 0 Å². The number of unbranched alkanes of at least 4 members (excludes halogenated alkanes) is 1. The third kappa shape index (κ3) is 6.39. The Labute approximate surface area is 88.3 Å². The van der Waals surface area contributed by atoms with Crippen LogP contribution in [0.15, 0.2) is 0 Å². The first kappa shape index (κ1) is 13.9. The molecule has 0 aliphatic heterocycles. The summed E-state index contributed by atoms with van der Waals surface area (Å²) in [7, 11) is 0. The molecule has 2 nitrogen and oxygen atoms in total. The summed E-state index contributed by atoms with van der Waals surface area (Å²) in [5.41, 5.74) is 0. The fraction of sp³-hybridized carbons (Fsp3) is 1.00. The quantitative estimate of drug-likeness (QED) is 0.635. The third-order valence-electron chi connectivity index (χ3n) is 2.88. The molecule has 2 heteroatoms. The molecule has 0 fully saturated rings. The van der Waals surface area contributed by atoms with E-state index in [9.17, 15) is 5.11 Å². The molecular weight excluding hydrogens is 176 g/mol. The average Bonchev–Trinajstić information content (AvgIpc) is 2.16. The molecule has 0 aromatic rings. The summed E-state index contributed by atoms with van der Waals surface area (Å²) in [4.78, 5) is 0. The monoisotopic (exact) mass is 202 g/mol. The fourth-order valence-corrected chi connectivity index (χ4v) is 1.78. The van der Waals surface area contributed by atoms with Gasteiger partial charge in [-0.2, -0.15) is 0 Å². The number of aliphatic hydroxyl groups excluding tert-OH is 2. The lowest BCUT2D eigenvalue weighted by Crippen LogP contribution is -2.21. The van der Waals surface area contributed by atoms with Gasteiger partial charge in [-0.05, 0) is 32.1 Å². The summed E-state index contributed by atoms with van der Waals surface area (Å²) < 4.78 is 0. The predicted molar refractivity (Wildman–Crippen MR) is 60.2 cm³/mol. The van der Waals surface area contributed by atoms with Crippen molar-refractivity contribution in [2.75, 3.05) is 0 Å². The Morgan fingerprint density at radius 3 is 2.07 bits per heavy atom. The largest absolute Gasteiger partial charge is 0.393 e. The van der Waals surface area contributed by atoms with E-state index in [0.29, 0.717) is 12.3 Å². The zero-order valence-electron chi connectivity index (χ0n) is 9.87. The molecule has 0 saturated heterocycles. The van der Waals surface area contributed by atoms with E-state index in [1.165, 1.54) is 12.8 Å². The average molecular weight is 202 g/mol. The van der Waals surface area contributed by atoms with Crippen LogP contribution in [0.1, 0.15) is 59.3 Å². The number of hydrogen-bond acceptors (Lipinski definition) is 2. The lowest BCUT2D eigenvalue weighted by Gasteiger charge is -2.21. The summed E-state index contributed by atoms with van der Waals surface area (Å²) in [5, 5.41) is 19.0. The molecule has 0 aromatic heterocycles. The normalized spacial score (nSPS) is 17.8. The maximum atomic E-state index is 9.87. The molecule has 0 bridgehead atoms. The minimum atomic E-state index is -0.284. The van der Waals surface area contributed by atoms with Crippen LogP contribution in [-0.2, 0) is 0 Å². The van der Waals surface area contributed by atoms with Crippen LogP contribution >= 0.6 is 0 Å². The van der Waals surface area contributed by atoms with Crippen LogP contribution in [0, 0.1) is 5.92 Å². The standard InChI is InChI=1S/C12H26O2/c1-4-6-7-11(5-2)12(14)9-8-10(3)13/h10-14H,4-9H2,1-3H3. The van der Waals surface area contributed by atoms with Crippen LogP contribution in [0.5, 0.6) is 0 Å². The Morgan fingerprint density at radius 1 is 1.00 bits per heavy atom. The molecule has 0 aliphatic carbocycles. The van der Waals surface area contributed by atoms with E-state index in [-0.39, 0.29) is 12.2 Å². The highest BCUT2D eigenvalue weighted by atomic mass is 16.3. The van der Waals surface area contributed by atoms with Crippen molar-refractivity contribution in [1.29, 1.82) is 0 Å². The highest BCUT2D eigenvalue weighted by molar-refractivity contribution is 4.68. The SMILES string of the molecule is CCCCC(CC)C(O)CCC(C)O. The smallest absolute Gasteiger partial charge is 0.0569 e. The third-order valence-corrected chi connectivity index (χ3v) is 2.88. The molecule has 0 radical (unpaired) electrons. The molecule has 0 aromatic carbocycles. The van der Waals surface area contributed by atoms with Crippen molar-refractivity contribution in [1.82, 2.24) is 0 Å². The molecule has 0 heterocycles. The summed E-state index contributed by atoms with van der Waals surface area (Å²) >= 11 is 0. The van der Waals surface area contributed by atoms with E-state index in [4.69, 9.17) is 5.11 Å². The van der Waals surface area contributed by atoms with Crippen LogP contribution in [0.3, 0.4) is 0 Å². The number of aliphatic hydroxyl groups is 2. The second kappa shape index (κ2) is 8.25. The first-order valence-corrected chi connectivity index (χ1v) is 5.97. The molecule has 2 N–H and O–H groups in total. The van der Waals surface area contributed by atoms with Crippen molar-refractivity contribution in [3.63, 3.8) is 0 Å². The van der Waals surface area contributed by atoms with Gasteiger partial charge in [0.05, 0.1) is 12.2 Å². The van der Waals surface area contributed by atoms with Crippen molar-refractivity contribution in [2.45, 2.75) is 71.5 Å². The van der Waals surface area contributed by atoms with Gasteiger partial charge in [0, 0.05) is 0 Å². The number of hydrogen-bond donors (Lipinski definition) is 2. The van der Waals surface area contributed by atoms with Gasteiger partial charge in [-0.1, -0.05) is 33.1 Å². The van der Waals surface area contributed by atoms with Crippen LogP contribution in [0.2, 0.25) is 0 Å². The Hall–Kier alpha value is -0.0800. The Kier molecular flexibility index (Phi) is 8.20. The molecule has 0 saturated carbocycles. The Morgan fingerprint density at radius 2 is 1.64 bits per heavy atom. The van der Waals surface area contributed by atoms with Gasteiger partial charge in [0.25, 0.3) is 0 Å². The maximum absolute atomic E-state index is 9.87. The Balaban J connectivity index is 3.72. The summed E-state index contributed by atoms with van der Waals surface area (Å²) in [5.74, 6) is 0.425. The van der Waals surface area contributed by atoms with Crippen molar-refractivity contribution < 1.29 is 10.2 Å². The van der Waals surface area contributed by atoms with E-state index in [0.717, 1.165) is 19.3 Å². The van der Waals surface area contributed by atoms with Gasteiger partial charge in [-0.25, -0.2) is 0 Å².